The maximum atomic E-state index is 12.6. The highest BCUT2D eigenvalue weighted by Crippen LogP contribution is 2.27. The number of carbonyl (C=O) groups is 1. The number of nitrogens with one attached hydrogen (secondary N) is 1. The van der Waals surface area contributed by atoms with Crippen LogP contribution in [0.3, 0.4) is 0 Å². The number of nitrogens with zero attached hydrogens (tertiary/aromatic N) is 3. The third kappa shape index (κ3) is 4.15. The highest BCUT2D eigenvalue weighted by atomic mass is 32.2. The second kappa shape index (κ2) is 8.97. The molecule has 0 saturated heterocycles. The van der Waals surface area contributed by atoms with Gasteiger partial charge in [-0.25, -0.2) is 9.97 Å². The van der Waals surface area contributed by atoms with Gasteiger partial charge in [-0.15, -0.1) is 23.1 Å². The summed E-state index contributed by atoms with van der Waals surface area (Å²) in [5, 5.41) is 0.143. The number of thiazole rings is 1. The molecule has 0 saturated carbocycles. The van der Waals surface area contributed by atoms with Gasteiger partial charge in [0.25, 0.3) is 11.1 Å². The number of hydrogen-bond donors (Lipinski definition) is 1. The Bertz CT molecular complexity index is 1680. The van der Waals surface area contributed by atoms with Crippen molar-refractivity contribution >= 4 is 65.8 Å². The smallest absolute Gasteiger partial charge is 0.319 e. The average molecular weight is 513 g/mol. The van der Waals surface area contributed by atoms with Crippen molar-refractivity contribution in [3.8, 4) is 0 Å². The maximum absolute atomic E-state index is 12.6. The van der Waals surface area contributed by atoms with E-state index in [2.05, 4.69) is 15.0 Å². The number of thioether (sulfide) groups is 1. The zero-order valence-electron chi connectivity index (χ0n) is 18.6. The van der Waals surface area contributed by atoms with Gasteiger partial charge in [-0.2, -0.15) is 0 Å². The molecule has 0 fully saturated rings. The quantitative estimate of drug-likeness (QED) is 0.340. The molecule has 1 N–H and O–H groups in total. The predicted molar refractivity (Wildman–Crippen MR) is 137 cm³/mol. The average Bonchev–Trinajstić information content (AvgIpc) is 3.32. The van der Waals surface area contributed by atoms with E-state index in [0.717, 1.165) is 20.7 Å². The van der Waals surface area contributed by atoms with Crippen molar-refractivity contribution in [2.45, 2.75) is 38.4 Å². The summed E-state index contributed by atoms with van der Waals surface area (Å²) in [7, 11) is 0. The summed E-state index contributed by atoms with van der Waals surface area (Å²) in [5.41, 5.74) is 1.80. The number of thiophene rings is 1. The Morgan fingerprint density at radius 2 is 2.00 bits per heavy atom. The molecule has 0 radical (unpaired) electrons. The number of rotatable bonds is 6. The van der Waals surface area contributed by atoms with Crippen molar-refractivity contribution in [1.29, 1.82) is 0 Å². The lowest BCUT2D eigenvalue weighted by Crippen LogP contribution is -2.20. The van der Waals surface area contributed by atoms with Crippen molar-refractivity contribution in [3.63, 3.8) is 0 Å². The minimum atomic E-state index is -0.484. The third-order valence-electron chi connectivity index (χ3n) is 5.50. The molecule has 4 aromatic heterocycles. The Labute approximate surface area is 205 Å². The summed E-state index contributed by atoms with van der Waals surface area (Å²) in [6.45, 7) is 5.54. The fraction of sp³-hybridized carbons (Fsp3) is 0.261. The minimum Gasteiger partial charge on any atom is -0.458 e. The fourth-order valence-corrected chi connectivity index (χ4v) is 6.45. The van der Waals surface area contributed by atoms with Crippen molar-refractivity contribution < 1.29 is 9.53 Å². The van der Waals surface area contributed by atoms with E-state index in [0.29, 0.717) is 32.4 Å². The van der Waals surface area contributed by atoms with Gasteiger partial charge in [0.15, 0.2) is 4.96 Å². The molecule has 5 rings (SSSR count). The van der Waals surface area contributed by atoms with Gasteiger partial charge in [0.1, 0.15) is 22.5 Å². The van der Waals surface area contributed by atoms with Crippen LogP contribution in [0.25, 0.3) is 25.4 Å². The summed E-state index contributed by atoms with van der Waals surface area (Å²) in [6, 6.07) is 9.00. The molecular weight excluding hydrogens is 492 g/mol. The second-order valence-corrected chi connectivity index (χ2v) is 11.4. The van der Waals surface area contributed by atoms with Crippen LogP contribution in [0.5, 0.6) is 0 Å². The maximum Gasteiger partial charge on any atom is 0.319 e. The number of H-pyrrole nitrogens is 1. The Morgan fingerprint density at radius 1 is 1.21 bits per heavy atom. The van der Waals surface area contributed by atoms with E-state index >= 15 is 0 Å². The zero-order chi connectivity index (χ0) is 24.0. The molecule has 0 aliphatic carbocycles. The monoisotopic (exact) mass is 512 g/mol. The number of ether oxygens (including phenoxy) is 1. The van der Waals surface area contributed by atoms with Crippen LogP contribution in [-0.4, -0.2) is 30.6 Å². The number of fused-ring (bicyclic) bond motifs is 4. The molecule has 0 amide bonds. The molecule has 0 unspecified atom stereocenters. The number of aromatic nitrogens is 4. The highest BCUT2D eigenvalue weighted by molar-refractivity contribution is 7.99. The molecule has 0 spiro atoms. The normalized spacial score (nSPS) is 12.6. The molecule has 0 aliphatic heterocycles. The van der Waals surface area contributed by atoms with Gasteiger partial charge in [-0.3, -0.25) is 18.8 Å². The molecular formula is C23H20N4O4S3. The summed E-state index contributed by atoms with van der Waals surface area (Å²) in [6.07, 6.45) is 0. The van der Waals surface area contributed by atoms with Gasteiger partial charge in [0.05, 0.1) is 27.0 Å². The molecule has 0 aliphatic rings. The molecule has 174 valence electrons. The van der Waals surface area contributed by atoms with Gasteiger partial charge in [0.2, 0.25) is 0 Å². The lowest BCUT2D eigenvalue weighted by molar-refractivity contribution is -0.144. The van der Waals surface area contributed by atoms with E-state index in [-0.39, 0.29) is 17.7 Å². The van der Waals surface area contributed by atoms with E-state index < -0.39 is 11.2 Å². The topological polar surface area (TPSA) is 106 Å². The van der Waals surface area contributed by atoms with Crippen molar-refractivity contribution in [2.75, 3.05) is 0 Å². The summed E-state index contributed by atoms with van der Waals surface area (Å²) < 4.78 is 7.94. The van der Waals surface area contributed by atoms with Crippen LogP contribution < -0.4 is 11.1 Å². The highest BCUT2D eigenvalue weighted by Gasteiger charge is 2.18. The first-order chi connectivity index (χ1) is 16.3. The first-order valence-corrected chi connectivity index (χ1v) is 13.2. The number of benzene rings is 1. The van der Waals surface area contributed by atoms with Crippen LogP contribution in [0.4, 0.5) is 0 Å². The standard InChI is InChI=1S/C23H20N4O4S3/c1-11-12(2)33-21-19(11)20(29)25-17(26-21)10-32-13(3)22(30)31-9-14-8-18(28)27-15-6-4-5-7-16(15)34-23(27)24-14/h4-8,13H,9-10H2,1-3H3,(H,25,26,29)/t13-/m1/s1. The Kier molecular flexibility index (Phi) is 6.00. The Morgan fingerprint density at radius 3 is 2.82 bits per heavy atom. The molecule has 34 heavy (non-hydrogen) atoms. The first-order valence-electron chi connectivity index (χ1n) is 10.5. The lowest BCUT2D eigenvalue weighted by atomic mass is 10.2. The number of carbonyl (C=O) groups excluding carboxylic acids is 1. The van der Waals surface area contributed by atoms with E-state index in [1.807, 2.05) is 38.1 Å². The van der Waals surface area contributed by atoms with E-state index in [9.17, 15) is 14.4 Å². The van der Waals surface area contributed by atoms with Crippen molar-refractivity contribution in [2.24, 2.45) is 0 Å². The number of esters is 1. The van der Waals surface area contributed by atoms with Gasteiger partial charge < -0.3 is 9.72 Å². The number of para-hydroxylation sites is 1. The van der Waals surface area contributed by atoms with Crippen LogP contribution in [0, 0.1) is 13.8 Å². The third-order valence-corrected chi connectivity index (χ3v) is 8.76. The van der Waals surface area contributed by atoms with E-state index in [1.165, 1.54) is 40.5 Å². The van der Waals surface area contributed by atoms with E-state index in [1.54, 1.807) is 11.3 Å². The summed E-state index contributed by atoms with van der Waals surface area (Å²) >= 11 is 4.23. The molecule has 11 heteroatoms. The van der Waals surface area contributed by atoms with E-state index in [4.69, 9.17) is 4.74 Å². The first kappa shape index (κ1) is 22.8. The van der Waals surface area contributed by atoms with Gasteiger partial charge in [-0.05, 0) is 38.5 Å². The van der Waals surface area contributed by atoms with Gasteiger partial charge in [0, 0.05) is 10.9 Å². The lowest BCUT2D eigenvalue weighted by Gasteiger charge is -2.11. The largest absolute Gasteiger partial charge is 0.458 e. The van der Waals surface area contributed by atoms with Crippen molar-refractivity contribution in [1.82, 2.24) is 19.4 Å². The molecule has 1 aromatic carbocycles. The molecule has 8 nitrogen and oxygen atoms in total. The molecule has 1 atom stereocenters. The number of hydrogen-bond acceptors (Lipinski definition) is 9. The Balaban J connectivity index is 1.25. The molecule has 0 bridgehead atoms. The predicted octanol–water partition coefficient (Wildman–Crippen LogP) is 4.19. The fourth-order valence-electron chi connectivity index (χ4n) is 3.60. The van der Waals surface area contributed by atoms with Crippen LogP contribution in [-0.2, 0) is 21.9 Å². The van der Waals surface area contributed by atoms with Crippen LogP contribution >= 0.6 is 34.4 Å². The van der Waals surface area contributed by atoms with Crippen LogP contribution in [0.2, 0.25) is 0 Å². The zero-order valence-corrected chi connectivity index (χ0v) is 21.0. The van der Waals surface area contributed by atoms with Crippen LogP contribution in [0.15, 0.2) is 39.9 Å². The Hall–Kier alpha value is -3.02. The van der Waals surface area contributed by atoms with Crippen molar-refractivity contribution in [3.05, 3.63) is 73.0 Å². The molecule has 4 heterocycles. The minimum absolute atomic E-state index is 0.0848. The van der Waals surface area contributed by atoms with Gasteiger partial charge in [-0.1, -0.05) is 23.5 Å². The second-order valence-electron chi connectivity index (χ2n) is 7.81. The number of aromatic amines is 1. The molecule has 5 aromatic rings. The number of aryl methyl sites for hydroxylation is 2. The summed E-state index contributed by atoms with van der Waals surface area (Å²) in [4.78, 5) is 51.7. The van der Waals surface area contributed by atoms with Crippen LogP contribution in [0.1, 0.15) is 28.9 Å². The SMILES string of the molecule is Cc1sc2nc(CS[C@H](C)C(=O)OCc3cc(=O)n4c(n3)sc3ccccc34)[nH]c(=O)c2c1C. The summed E-state index contributed by atoms with van der Waals surface area (Å²) in [5.74, 6) is 0.466. The van der Waals surface area contributed by atoms with Gasteiger partial charge >= 0.3 is 5.97 Å².